The van der Waals surface area contributed by atoms with Gasteiger partial charge in [-0.05, 0) is 6.42 Å². The number of aliphatic hydroxyl groups is 1. The van der Waals surface area contributed by atoms with Crippen molar-refractivity contribution in [1.29, 1.82) is 0 Å². The van der Waals surface area contributed by atoms with Gasteiger partial charge in [0.1, 0.15) is 17.8 Å². The lowest BCUT2D eigenvalue weighted by Gasteiger charge is -2.07. The van der Waals surface area contributed by atoms with Crippen LogP contribution in [0.2, 0.25) is 0 Å². The number of rotatable bonds is 4. The molecule has 5 nitrogen and oxygen atoms in total. The zero-order chi connectivity index (χ0) is 10.7. The van der Waals surface area contributed by atoms with E-state index in [4.69, 9.17) is 0 Å². The molecule has 2 aromatic heterocycles. The van der Waals surface area contributed by atoms with Crippen LogP contribution in [0.5, 0.6) is 0 Å². The first-order valence-corrected chi connectivity index (χ1v) is 4.91. The van der Waals surface area contributed by atoms with Crippen LogP contribution in [0.25, 0.3) is 0 Å². The third kappa shape index (κ3) is 2.24. The van der Waals surface area contributed by atoms with E-state index in [1.807, 2.05) is 17.8 Å². The Morgan fingerprint density at radius 1 is 1.47 bits per heavy atom. The molecule has 0 saturated carbocycles. The molecule has 0 radical (unpaired) electrons. The van der Waals surface area contributed by atoms with Crippen LogP contribution in [0.4, 0.5) is 0 Å². The van der Waals surface area contributed by atoms with Crippen LogP contribution in [-0.2, 0) is 13.5 Å². The molecule has 2 aromatic rings. The highest BCUT2D eigenvalue weighted by Crippen LogP contribution is 2.14. The smallest absolute Gasteiger partial charge is 0.135 e. The Balaban J connectivity index is 1.91. The molecule has 0 aromatic carbocycles. The third-order valence-electron chi connectivity index (χ3n) is 2.40. The van der Waals surface area contributed by atoms with E-state index in [9.17, 15) is 5.11 Å². The second-order valence-electron chi connectivity index (χ2n) is 3.48. The fourth-order valence-corrected chi connectivity index (χ4v) is 1.50. The molecule has 0 aliphatic carbocycles. The average molecular weight is 206 g/mol. The maximum absolute atomic E-state index is 9.77. The summed E-state index contributed by atoms with van der Waals surface area (Å²) in [5.41, 5.74) is 0. The lowest BCUT2D eigenvalue weighted by atomic mass is 10.2. The third-order valence-corrected chi connectivity index (χ3v) is 2.40. The molecule has 1 atom stereocenters. The molecule has 2 heterocycles. The first-order valence-electron chi connectivity index (χ1n) is 4.91. The molecular weight excluding hydrogens is 192 g/mol. The Labute approximate surface area is 87.8 Å². The number of hydrogen-bond donors (Lipinski definition) is 2. The van der Waals surface area contributed by atoms with Crippen LogP contribution in [0.15, 0.2) is 24.8 Å². The lowest BCUT2D eigenvalue weighted by molar-refractivity contribution is 0.158. The number of aromatic amines is 1. The molecule has 0 fully saturated rings. The van der Waals surface area contributed by atoms with Crippen LogP contribution in [0.1, 0.15) is 24.2 Å². The number of nitrogens with zero attached hydrogens (tertiary/aromatic N) is 3. The molecule has 15 heavy (non-hydrogen) atoms. The van der Waals surface area contributed by atoms with Gasteiger partial charge in [0.05, 0.1) is 0 Å². The Hall–Kier alpha value is -1.62. The summed E-state index contributed by atoms with van der Waals surface area (Å²) in [5, 5.41) is 9.77. The second kappa shape index (κ2) is 4.27. The van der Waals surface area contributed by atoms with E-state index < -0.39 is 6.10 Å². The molecule has 2 rings (SSSR count). The average Bonchev–Trinajstić information content (AvgIpc) is 2.85. The molecule has 5 heteroatoms. The van der Waals surface area contributed by atoms with E-state index in [-0.39, 0.29) is 0 Å². The highest BCUT2D eigenvalue weighted by molar-refractivity contribution is 4.96. The highest BCUT2D eigenvalue weighted by Gasteiger charge is 2.10. The van der Waals surface area contributed by atoms with E-state index in [0.717, 1.165) is 12.2 Å². The van der Waals surface area contributed by atoms with Crippen LogP contribution < -0.4 is 0 Å². The largest absolute Gasteiger partial charge is 0.385 e. The quantitative estimate of drug-likeness (QED) is 0.778. The molecule has 2 N–H and O–H groups in total. The van der Waals surface area contributed by atoms with Crippen molar-refractivity contribution in [2.45, 2.75) is 18.9 Å². The van der Waals surface area contributed by atoms with Gasteiger partial charge >= 0.3 is 0 Å². The Morgan fingerprint density at radius 3 is 2.93 bits per heavy atom. The molecule has 0 spiro atoms. The Kier molecular flexibility index (Phi) is 2.82. The normalized spacial score (nSPS) is 12.9. The predicted octanol–water partition coefficient (Wildman–Crippen LogP) is 0.809. The summed E-state index contributed by atoms with van der Waals surface area (Å²) in [6.07, 6.45) is 7.82. The molecule has 80 valence electrons. The van der Waals surface area contributed by atoms with Crippen LogP contribution in [-0.4, -0.2) is 24.6 Å². The van der Waals surface area contributed by atoms with Crippen molar-refractivity contribution in [1.82, 2.24) is 19.5 Å². The van der Waals surface area contributed by atoms with Gasteiger partial charge in [0.15, 0.2) is 0 Å². The predicted molar refractivity (Wildman–Crippen MR) is 55.1 cm³/mol. The molecular formula is C10H14N4O. The van der Waals surface area contributed by atoms with Crippen LogP contribution in [0.3, 0.4) is 0 Å². The van der Waals surface area contributed by atoms with Crippen LogP contribution in [0, 0.1) is 0 Å². The zero-order valence-corrected chi connectivity index (χ0v) is 8.59. The van der Waals surface area contributed by atoms with E-state index in [1.54, 1.807) is 18.6 Å². The van der Waals surface area contributed by atoms with Crippen molar-refractivity contribution in [2.75, 3.05) is 0 Å². The lowest BCUT2D eigenvalue weighted by Crippen LogP contribution is -2.04. The highest BCUT2D eigenvalue weighted by atomic mass is 16.3. The maximum atomic E-state index is 9.77. The second-order valence-corrected chi connectivity index (χ2v) is 3.48. The summed E-state index contributed by atoms with van der Waals surface area (Å²) < 4.78 is 1.95. The maximum Gasteiger partial charge on any atom is 0.135 e. The fourth-order valence-electron chi connectivity index (χ4n) is 1.50. The van der Waals surface area contributed by atoms with E-state index in [1.165, 1.54) is 0 Å². The van der Waals surface area contributed by atoms with Gasteiger partial charge in [-0.1, -0.05) is 0 Å². The molecule has 0 aliphatic heterocycles. The Morgan fingerprint density at radius 2 is 2.33 bits per heavy atom. The van der Waals surface area contributed by atoms with E-state index >= 15 is 0 Å². The molecule has 0 bridgehead atoms. The van der Waals surface area contributed by atoms with E-state index in [2.05, 4.69) is 15.0 Å². The minimum Gasteiger partial charge on any atom is -0.385 e. The first kappa shape index (κ1) is 9.92. The minimum absolute atomic E-state index is 0.545. The number of hydrogen-bond acceptors (Lipinski definition) is 3. The summed E-state index contributed by atoms with van der Waals surface area (Å²) in [7, 11) is 1.95. The molecule has 1 unspecified atom stereocenters. The van der Waals surface area contributed by atoms with E-state index in [0.29, 0.717) is 12.2 Å². The summed E-state index contributed by atoms with van der Waals surface area (Å²) in [5.74, 6) is 1.59. The van der Waals surface area contributed by atoms with Gasteiger partial charge in [-0.2, -0.15) is 0 Å². The van der Waals surface area contributed by atoms with Gasteiger partial charge in [-0.25, -0.2) is 9.97 Å². The minimum atomic E-state index is -0.545. The van der Waals surface area contributed by atoms with Gasteiger partial charge in [-0.3, -0.25) is 0 Å². The summed E-state index contributed by atoms with van der Waals surface area (Å²) >= 11 is 0. The summed E-state index contributed by atoms with van der Waals surface area (Å²) in [6, 6.07) is 0. The first-order chi connectivity index (χ1) is 7.27. The van der Waals surface area contributed by atoms with Crippen molar-refractivity contribution in [3.63, 3.8) is 0 Å². The van der Waals surface area contributed by atoms with Gasteiger partial charge in [0.25, 0.3) is 0 Å². The number of H-pyrrole nitrogens is 1. The number of aliphatic hydroxyl groups excluding tert-OH is 1. The monoisotopic (exact) mass is 206 g/mol. The standard InChI is InChI=1S/C10H14N4O/c1-14-7-6-11-9(14)3-2-8(15)10-12-4-5-13-10/h4-8,15H,2-3H2,1H3,(H,12,13). The van der Waals surface area contributed by atoms with Gasteiger partial charge in [0, 0.05) is 38.3 Å². The van der Waals surface area contributed by atoms with Gasteiger partial charge in [-0.15, -0.1) is 0 Å². The van der Waals surface area contributed by atoms with Crippen molar-refractivity contribution in [3.8, 4) is 0 Å². The fraction of sp³-hybridized carbons (Fsp3) is 0.400. The van der Waals surface area contributed by atoms with Crippen molar-refractivity contribution in [3.05, 3.63) is 36.4 Å². The van der Waals surface area contributed by atoms with Crippen molar-refractivity contribution in [2.24, 2.45) is 7.05 Å². The van der Waals surface area contributed by atoms with Crippen molar-refractivity contribution >= 4 is 0 Å². The van der Waals surface area contributed by atoms with Gasteiger partial charge in [0.2, 0.25) is 0 Å². The molecule has 0 amide bonds. The number of aryl methyl sites for hydroxylation is 2. The number of aromatic nitrogens is 4. The SMILES string of the molecule is Cn1ccnc1CCC(O)c1ncc[nH]1. The number of nitrogens with one attached hydrogen (secondary N) is 1. The summed E-state index contributed by atoms with van der Waals surface area (Å²) in [6.45, 7) is 0. The van der Waals surface area contributed by atoms with Crippen molar-refractivity contribution < 1.29 is 5.11 Å². The Bertz CT molecular complexity index is 407. The van der Waals surface area contributed by atoms with Crippen LogP contribution >= 0.6 is 0 Å². The molecule has 0 aliphatic rings. The molecule has 0 saturated heterocycles. The zero-order valence-electron chi connectivity index (χ0n) is 8.59. The summed E-state index contributed by atoms with van der Waals surface area (Å²) in [4.78, 5) is 11.1. The van der Waals surface area contributed by atoms with Gasteiger partial charge < -0.3 is 14.7 Å². The number of imidazole rings is 2. The topological polar surface area (TPSA) is 66.7 Å².